The van der Waals surface area contributed by atoms with E-state index in [1.54, 1.807) is 40.8 Å². The lowest BCUT2D eigenvalue weighted by molar-refractivity contribution is -0.140. The number of carboxylic acids is 1. The number of carbonyl (C=O) groups is 5. The molecule has 3 aliphatic rings. The summed E-state index contributed by atoms with van der Waals surface area (Å²) in [6.45, 7) is 8.71. The van der Waals surface area contributed by atoms with Crippen LogP contribution in [0.4, 0.5) is 4.39 Å². The summed E-state index contributed by atoms with van der Waals surface area (Å²) >= 11 is 7.07. The molecule has 0 radical (unpaired) electrons. The summed E-state index contributed by atoms with van der Waals surface area (Å²) in [4.78, 5) is 70.4. The van der Waals surface area contributed by atoms with E-state index in [1.807, 2.05) is 55.8 Å². The van der Waals surface area contributed by atoms with Gasteiger partial charge < -0.3 is 28.9 Å². The van der Waals surface area contributed by atoms with Crippen LogP contribution in [0.15, 0.2) is 66.7 Å². The first-order chi connectivity index (χ1) is 32.2. The summed E-state index contributed by atoms with van der Waals surface area (Å²) in [6.07, 6.45) is 0.415. The third kappa shape index (κ3) is 8.59. The lowest BCUT2D eigenvalue weighted by Crippen LogP contribution is -2.52. The summed E-state index contributed by atoms with van der Waals surface area (Å²) in [5, 5.41) is 20.7. The maximum Gasteiger partial charge on any atom is 0.352 e. The molecule has 15 nitrogen and oxygen atoms in total. The molecule has 67 heavy (non-hydrogen) atoms. The SMILES string of the molecule is Cc1nn(C)c(C)c1-c1c(Cl)ccc2c(CCCOc3cccc4cc(F)ccc34)c(C(=O)O)n(CCN3CCN(C(=O)C(C)Oc4cccc5c4CN([C@H]4CCC(=O)NC4=O)C5=O)CC3)c12. The highest BCUT2D eigenvalue weighted by molar-refractivity contribution is 6.35. The quantitative estimate of drug-likeness (QED) is 0.0888. The molecule has 1 unspecified atom stereocenters. The first-order valence-corrected chi connectivity index (χ1v) is 22.9. The summed E-state index contributed by atoms with van der Waals surface area (Å²) in [6, 6.07) is 18.1. The summed E-state index contributed by atoms with van der Waals surface area (Å²) in [5.74, 6) is -1.79. The van der Waals surface area contributed by atoms with Crippen LogP contribution in [-0.2, 0) is 40.9 Å². The Morgan fingerprint density at radius 2 is 1.70 bits per heavy atom. The van der Waals surface area contributed by atoms with Gasteiger partial charge in [-0.15, -0.1) is 0 Å². The predicted molar refractivity (Wildman–Crippen MR) is 249 cm³/mol. The maximum absolute atomic E-state index is 14.0. The van der Waals surface area contributed by atoms with Gasteiger partial charge in [0.1, 0.15) is 29.1 Å². The van der Waals surface area contributed by atoms with Crippen LogP contribution in [0.2, 0.25) is 5.02 Å². The molecule has 2 fully saturated rings. The number of piperazine rings is 1. The van der Waals surface area contributed by atoms with Gasteiger partial charge in [0.05, 0.1) is 29.4 Å². The Hall–Kier alpha value is -6.78. The van der Waals surface area contributed by atoms with E-state index in [0.29, 0.717) is 97.4 Å². The number of halogens is 2. The number of carboxylic acid groups (broad SMARTS) is 1. The van der Waals surface area contributed by atoms with Crippen molar-refractivity contribution < 1.29 is 42.9 Å². The van der Waals surface area contributed by atoms with E-state index < -0.39 is 24.0 Å². The van der Waals surface area contributed by atoms with Gasteiger partial charge in [0, 0.05) is 91.5 Å². The zero-order chi connectivity index (χ0) is 47.3. The zero-order valence-corrected chi connectivity index (χ0v) is 38.5. The predicted octanol–water partition coefficient (Wildman–Crippen LogP) is 6.69. The lowest BCUT2D eigenvalue weighted by Gasteiger charge is -2.36. The molecule has 17 heteroatoms. The Bertz CT molecular complexity index is 2990. The van der Waals surface area contributed by atoms with E-state index >= 15 is 0 Å². The van der Waals surface area contributed by atoms with E-state index in [-0.39, 0.29) is 48.6 Å². The highest BCUT2D eigenvalue weighted by atomic mass is 35.5. The molecule has 3 aliphatic heterocycles. The molecule has 4 aromatic carbocycles. The number of nitrogens with zero attached hydrogens (tertiary/aromatic N) is 6. The molecule has 348 valence electrons. The summed E-state index contributed by atoms with van der Waals surface area (Å²) in [7, 11) is 1.87. The van der Waals surface area contributed by atoms with Crippen LogP contribution in [0.1, 0.15) is 69.5 Å². The van der Waals surface area contributed by atoms with Crippen molar-refractivity contribution in [3.05, 3.63) is 111 Å². The van der Waals surface area contributed by atoms with Crippen molar-refractivity contribution in [2.75, 3.05) is 39.3 Å². The third-order valence-electron chi connectivity index (χ3n) is 13.4. The second-order valence-electron chi connectivity index (χ2n) is 17.5. The second kappa shape index (κ2) is 18.5. The van der Waals surface area contributed by atoms with Gasteiger partial charge in [0.25, 0.3) is 11.8 Å². The van der Waals surface area contributed by atoms with Crippen molar-refractivity contribution in [1.29, 1.82) is 0 Å². The van der Waals surface area contributed by atoms with Crippen LogP contribution in [0.3, 0.4) is 0 Å². The maximum atomic E-state index is 14.0. The zero-order valence-electron chi connectivity index (χ0n) is 37.7. The van der Waals surface area contributed by atoms with Gasteiger partial charge in [0.2, 0.25) is 11.8 Å². The van der Waals surface area contributed by atoms with Crippen LogP contribution >= 0.6 is 11.6 Å². The van der Waals surface area contributed by atoms with E-state index in [2.05, 4.69) is 15.3 Å². The standard InChI is InChI=1S/C50H51ClFN7O8/c1-28-43(29(2)55(4)54-28)44-38(51)16-15-35-34(10-7-25-66-40-11-5-8-31-26-32(52)13-14-33(31)40)46(50(64)65)58(45(35)44)24-21-56-19-22-57(23-20-56)48(62)30(3)67-41-12-6-9-36-37(41)27-59(49(36)63)39-17-18-42(60)53-47(39)61/h5-6,8-9,11-16,26,30,39H,7,10,17-25,27H2,1-4H3,(H,64,65)(H,53,60,61)/t30?,39-/m0/s1. The lowest BCUT2D eigenvalue weighted by atomic mass is 9.98. The van der Waals surface area contributed by atoms with Crippen molar-refractivity contribution in [3.8, 4) is 22.6 Å². The number of hydrogen-bond donors (Lipinski definition) is 2. The van der Waals surface area contributed by atoms with Gasteiger partial charge in [0.15, 0.2) is 6.10 Å². The molecule has 4 amide bonds. The smallest absolute Gasteiger partial charge is 0.352 e. The Labute approximate surface area is 390 Å². The van der Waals surface area contributed by atoms with Crippen molar-refractivity contribution in [1.82, 2.24) is 34.4 Å². The van der Waals surface area contributed by atoms with E-state index in [1.165, 1.54) is 17.0 Å². The summed E-state index contributed by atoms with van der Waals surface area (Å²) in [5.41, 5.74) is 5.77. The highest BCUT2D eigenvalue weighted by Crippen LogP contribution is 2.42. The average Bonchev–Trinajstić information content (AvgIpc) is 3.90. The Morgan fingerprint density at radius 1 is 0.955 bits per heavy atom. The summed E-state index contributed by atoms with van der Waals surface area (Å²) < 4.78 is 30.1. The van der Waals surface area contributed by atoms with Crippen LogP contribution < -0.4 is 14.8 Å². The van der Waals surface area contributed by atoms with Gasteiger partial charge in [-0.2, -0.15) is 5.10 Å². The Kier molecular flexibility index (Phi) is 12.5. The number of aryl methyl sites for hydroxylation is 3. The molecule has 0 aliphatic carbocycles. The number of carbonyl (C=O) groups excluding carboxylic acids is 4. The molecule has 0 saturated carbocycles. The number of rotatable bonds is 14. The minimum Gasteiger partial charge on any atom is -0.493 e. The molecular weight excluding hydrogens is 881 g/mol. The topological polar surface area (TPSA) is 169 Å². The number of aromatic carboxylic acids is 1. The third-order valence-corrected chi connectivity index (χ3v) is 13.7. The number of nitrogens with one attached hydrogen (secondary N) is 1. The molecule has 5 heterocycles. The molecule has 0 spiro atoms. The number of benzene rings is 4. The average molecular weight is 932 g/mol. The fourth-order valence-corrected chi connectivity index (χ4v) is 10.2. The van der Waals surface area contributed by atoms with E-state index in [9.17, 15) is 33.5 Å². The first kappa shape index (κ1) is 45.4. The molecule has 6 aromatic rings. The van der Waals surface area contributed by atoms with Gasteiger partial charge in [-0.3, -0.25) is 34.1 Å². The molecule has 2 N–H and O–H groups in total. The van der Waals surface area contributed by atoms with Crippen LogP contribution in [0.25, 0.3) is 32.8 Å². The molecule has 2 saturated heterocycles. The number of ether oxygens (including phenoxy) is 2. The minimum absolute atomic E-state index is 0.123. The Balaban J connectivity index is 0.906. The number of fused-ring (bicyclic) bond motifs is 3. The van der Waals surface area contributed by atoms with Crippen molar-refractivity contribution in [3.63, 3.8) is 0 Å². The van der Waals surface area contributed by atoms with Crippen LogP contribution in [0.5, 0.6) is 11.5 Å². The van der Waals surface area contributed by atoms with E-state index in [0.717, 1.165) is 38.7 Å². The molecule has 2 atom stereocenters. The number of piperidine rings is 1. The molecule has 0 bridgehead atoms. The van der Waals surface area contributed by atoms with Crippen molar-refractivity contribution in [2.24, 2.45) is 7.05 Å². The monoisotopic (exact) mass is 931 g/mol. The largest absolute Gasteiger partial charge is 0.493 e. The molecule has 9 rings (SSSR count). The van der Waals surface area contributed by atoms with Gasteiger partial charge in [-0.05, 0) is 93.4 Å². The van der Waals surface area contributed by atoms with Crippen LogP contribution in [0, 0.1) is 19.7 Å². The number of aromatic nitrogens is 3. The van der Waals surface area contributed by atoms with Gasteiger partial charge in [-0.25, -0.2) is 9.18 Å². The fourth-order valence-electron chi connectivity index (χ4n) is 9.97. The van der Waals surface area contributed by atoms with Gasteiger partial charge >= 0.3 is 5.97 Å². The number of imide groups is 1. The van der Waals surface area contributed by atoms with Crippen molar-refractivity contribution in [2.45, 2.75) is 71.7 Å². The molecular formula is C50H51ClFN7O8. The fraction of sp³-hybridized carbons (Fsp3) is 0.360. The van der Waals surface area contributed by atoms with E-state index in [4.69, 9.17) is 21.1 Å². The van der Waals surface area contributed by atoms with Crippen molar-refractivity contribution >= 4 is 62.9 Å². The Morgan fingerprint density at radius 3 is 2.43 bits per heavy atom. The highest BCUT2D eigenvalue weighted by Gasteiger charge is 2.41. The number of amides is 4. The second-order valence-corrected chi connectivity index (χ2v) is 17.9. The molecule has 2 aromatic heterocycles. The normalized spacial score (nSPS) is 17.0. The first-order valence-electron chi connectivity index (χ1n) is 22.5. The van der Waals surface area contributed by atoms with Crippen LogP contribution in [-0.4, -0.2) is 115 Å². The number of hydrogen-bond acceptors (Lipinski definition) is 9. The van der Waals surface area contributed by atoms with Gasteiger partial charge in [-0.1, -0.05) is 35.9 Å². The minimum atomic E-state index is -1.06.